The monoisotopic (exact) mass is 400 g/mol. The Morgan fingerprint density at radius 2 is 1.52 bits per heavy atom. The third-order valence-electron chi connectivity index (χ3n) is 4.14. The van der Waals surface area contributed by atoms with Crippen molar-refractivity contribution in [2.24, 2.45) is 5.16 Å². The maximum Gasteiger partial charge on any atom is 0.433 e. The Kier molecular flexibility index (Phi) is 5.07. The number of rotatable bonds is 4. The third-order valence-corrected chi connectivity index (χ3v) is 4.14. The normalized spacial score (nSPS) is 16.1. The van der Waals surface area contributed by atoms with Gasteiger partial charge >= 0.3 is 6.18 Å². The van der Waals surface area contributed by atoms with Crippen LogP contribution >= 0.6 is 0 Å². The largest absolute Gasteiger partial charge is 0.457 e. The molecule has 8 heteroatoms. The fraction of sp³-hybridized carbons (Fsp3) is 0.143. The maximum absolute atomic E-state index is 12.6. The zero-order valence-corrected chi connectivity index (χ0v) is 15.0. The molecule has 0 amide bonds. The summed E-state index contributed by atoms with van der Waals surface area (Å²) >= 11 is 0. The van der Waals surface area contributed by atoms with Crippen molar-refractivity contribution >= 4 is 5.90 Å². The summed E-state index contributed by atoms with van der Waals surface area (Å²) in [4.78, 5) is 8.74. The van der Waals surface area contributed by atoms with E-state index in [0.29, 0.717) is 12.2 Å². The van der Waals surface area contributed by atoms with E-state index in [-0.39, 0.29) is 17.8 Å². The van der Waals surface area contributed by atoms with Gasteiger partial charge in [-0.1, -0.05) is 35.5 Å². The topological polar surface area (TPSA) is 52.9 Å². The Morgan fingerprint density at radius 3 is 2.17 bits per heavy atom. The molecule has 2 heterocycles. The molecule has 3 aromatic rings. The number of pyridine rings is 1. The van der Waals surface area contributed by atoms with Gasteiger partial charge in [0, 0.05) is 0 Å². The number of benzene rings is 2. The Hall–Kier alpha value is -3.55. The average molecular weight is 400 g/mol. The lowest BCUT2D eigenvalue weighted by atomic mass is 10.1. The van der Waals surface area contributed by atoms with E-state index in [1.807, 2.05) is 54.6 Å². The Balaban J connectivity index is 1.34. The van der Waals surface area contributed by atoms with E-state index < -0.39 is 11.9 Å². The van der Waals surface area contributed by atoms with Crippen molar-refractivity contribution in [3.63, 3.8) is 0 Å². The summed E-state index contributed by atoms with van der Waals surface area (Å²) in [6.07, 6.45) is -3.49. The minimum atomic E-state index is -4.49. The van der Waals surface area contributed by atoms with Crippen LogP contribution in [0.2, 0.25) is 0 Å². The van der Waals surface area contributed by atoms with Crippen LogP contribution in [0.25, 0.3) is 0 Å². The lowest BCUT2D eigenvalue weighted by Gasteiger charge is -2.10. The van der Waals surface area contributed by atoms with E-state index in [0.717, 1.165) is 23.6 Å². The Morgan fingerprint density at radius 1 is 0.828 bits per heavy atom. The lowest BCUT2D eigenvalue weighted by Crippen LogP contribution is -2.10. The lowest BCUT2D eigenvalue weighted by molar-refractivity contribution is -0.141. The van der Waals surface area contributed by atoms with Crippen molar-refractivity contribution in [1.29, 1.82) is 0 Å². The van der Waals surface area contributed by atoms with Crippen molar-refractivity contribution in [3.05, 3.63) is 84.2 Å². The van der Waals surface area contributed by atoms with Crippen LogP contribution in [0.15, 0.2) is 78.1 Å². The van der Waals surface area contributed by atoms with Gasteiger partial charge in [0.2, 0.25) is 5.90 Å². The van der Waals surface area contributed by atoms with Gasteiger partial charge in [-0.2, -0.15) is 13.2 Å². The summed E-state index contributed by atoms with van der Waals surface area (Å²) in [6, 6.07) is 18.8. The van der Waals surface area contributed by atoms with Gasteiger partial charge in [0.05, 0.1) is 12.6 Å². The van der Waals surface area contributed by atoms with E-state index in [1.165, 1.54) is 6.07 Å². The van der Waals surface area contributed by atoms with Crippen LogP contribution in [0.3, 0.4) is 0 Å². The zero-order valence-electron chi connectivity index (χ0n) is 15.0. The second-order valence-corrected chi connectivity index (χ2v) is 6.25. The second-order valence-electron chi connectivity index (χ2n) is 6.25. The van der Waals surface area contributed by atoms with E-state index >= 15 is 0 Å². The molecular weight excluding hydrogens is 385 g/mol. The van der Waals surface area contributed by atoms with Gasteiger partial charge in [0.1, 0.15) is 22.9 Å². The smallest absolute Gasteiger partial charge is 0.433 e. The van der Waals surface area contributed by atoms with Crippen LogP contribution in [-0.2, 0) is 11.0 Å². The third kappa shape index (κ3) is 4.66. The molecule has 0 N–H and O–H groups in total. The summed E-state index contributed by atoms with van der Waals surface area (Å²) in [5.74, 6) is 1.85. The van der Waals surface area contributed by atoms with Crippen molar-refractivity contribution in [1.82, 2.24) is 4.98 Å². The Bertz CT molecular complexity index is 988. The van der Waals surface area contributed by atoms with Gasteiger partial charge in [-0.25, -0.2) is 4.98 Å². The highest BCUT2D eigenvalue weighted by Crippen LogP contribution is 2.31. The molecule has 0 fully saturated rings. The first-order valence-electron chi connectivity index (χ1n) is 8.74. The highest BCUT2D eigenvalue weighted by Gasteiger charge is 2.32. The van der Waals surface area contributed by atoms with Gasteiger partial charge in [0.15, 0.2) is 6.10 Å². The average Bonchev–Trinajstić information content (AvgIpc) is 3.17. The van der Waals surface area contributed by atoms with E-state index in [1.54, 1.807) is 0 Å². The SMILES string of the molecule is FC(F)(F)c1ccc(OC2=NO[C@@H](c3ccc(Oc4ccccc4)cc3)C2)cn1. The first kappa shape index (κ1) is 18.8. The molecule has 1 atom stereocenters. The van der Waals surface area contributed by atoms with Crippen LogP contribution < -0.4 is 9.47 Å². The predicted molar refractivity (Wildman–Crippen MR) is 98.7 cm³/mol. The molecular formula is C21H15F3N2O3. The van der Waals surface area contributed by atoms with E-state index in [2.05, 4.69) is 10.1 Å². The van der Waals surface area contributed by atoms with Crippen LogP contribution in [0, 0.1) is 0 Å². The number of ether oxygens (including phenoxy) is 2. The van der Waals surface area contributed by atoms with Crippen LogP contribution in [0.5, 0.6) is 17.2 Å². The summed E-state index contributed by atoms with van der Waals surface area (Å²) in [5.41, 5.74) is -0.108. The summed E-state index contributed by atoms with van der Waals surface area (Å²) in [5, 5.41) is 3.86. The second kappa shape index (κ2) is 7.83. The first-order chi connectivity index (χ1) is 14.0. The van der Waals surface area contributed by atoms with E-state index in [4.69, 9.17) is 14.3 Å². The molecule has 1 aliphatic rings. The quantitative estimate of drug-likeness (QED) is 0.560. The minimum absolute atomic E-state index is 0.160. The molecule has 0 bridgehead atoms. The number of hydrogen-bond acceptors (Lipinski definition) is 5. The molecule has 1 aliphatic heterocycles. The number of para-hydroxylation sites is 1. The number of aromatic nitrogens is 1. The van der Waals surface area contributed by atoms with Crippen molar-refractivity contribution in [3.8, 4) is 17.2 Å². The van der Waals surface area contributed by atoms with Crippen molar-refractivity contribution in [2.45, 2.75) is 18.7 Å². The predicted octanol–water partition coefficient (Wildman–Crippen LogP) is 5.75. The molecule has 29 heavy (non-hydrogen) atoms. The van der Waals surface area contributed by atoms with Gasteiger partial charge < -0.3 is 14.3 Å². The maximum atomic E-state index is 12.6. The molecule has 2 aromatic carbocycles. The molecule has 0 spiro atoms. The van der Waals surface area contributed by atoms with Crippen molar-refractivity contribution < 1.29 is 27.5 Å². The van der Waals surface area contributed by atoms with Gasteiger partial charge in [0.25, 0.3) is 0 Å². The Labute approximate surface area is 164 Å². The molecule has 0 aliphatic carbocycles. The molecule has 4 rings (SSSR count). The first-order valence-corrected chi connectivity index (χ1v) is 8.74. The summed E-state index contributed by atoms with van der Waals surface area (Å²) < 4.78 is 48.9. The number of oxime groups is 1. The fourth-order valence-electron chi connectivity index (χ4n) is 2.71. The van der Waals surface area contributed by atoms with Crippen LogP contribution in [0.4, 0.5) is 13.2 Å². The number of hydrogen-bond donors (Lipinski definition) is 0. The van der Waals surface area contributed by atoms with Crippen molar-refractivity contribution in [2.75, 3.05) is 0 Å². The molecule has 0 unspecified atom stereocenters. The van der Waals surface area contributed by atoms with Gasteiger partial charge in [-0.3, -0.25) is 0 Å². The summed E-state index contributed by atoms with van der Waals surface area (Å²) in [7, 11) is 0. The highest BCUT2D eigenvalue weighted by molar-refractivity contribution is 5.79. The fourth-order valence-corrected chi connectivity index (χ4v) is 2.71. The standard InChI is InChI=1S/C21H15F3N2O3/c22-21(23,24)19-11-10-17(13-25-19)28-20-12-18(29-26-20)14-6-8-16(9-7-14)27-15-4-2-1-3-5-15/h1-11,13,18H,12H2/t18-/m1/s1. The molecule has 1 aromatic heterocycles. The molecule has 148 valence electrons. The molecule has 0 saturated carbocycles. The molecule has 0 radical (unpaired) electrons. The number of alkyl halides is 3. The molecule has 0 saturated heterocycles. The highest BCUT2D eigenvalue weighted by atomic mass is 19.4. The molecule has 5 nitrogen and oxygen atoms in total. The summed E-state index contributed by atoms with van der Waals surface area (Å²) in [6.45, 7) is 0. The number of nitrogens with zero attached hydrogens (tertiary/aromatic N) is 2. The van der Waals surface area contributed by atoms with Gasteiger partial charge in [-0.15, -0.1) is 0 Å². The zero-order chi connectivity index (χ0) is 20.3. The van der Waals surface area contributed by atoms with Crippen LogP contribution in [-0.4, -0.2) is 10.9 Å². The van der Waals surface area contributed by atoms with Gasteiger partial charge in [-0.05, 0) is 42.0 Å². The van der Waals surface area contributed by atoms with E-state index in [9.17, 15) is 13.2 Å². The minimum Gasteiger partial charge on any atom is -0.457 e. The number of halogens is 3. The van der Waals surface area contributed by atoms with Crippen LogP contribution in [0.1, 0.15) is 23.8 Å².